The molecule has 4 nitrogen and oxygen atoms in total. The van der Waals surface area contributed by atoms with Crippen molar-refractivity contribution in [2.24, 2.45) is 0 Å². The number of amides is 2. The molecule has 0 bridgehead atoms. The Morgan fingerprint density at radius 3 is 2.64 bits per heavy atom. The van der Waals surface area contributed by atoms with Gasteiger partial charge in [-0.2, -0.15) is 0 Å². The fourth-order valence-electron chi connectivity index (χ4n) is 3.09. The van der Waals surface area contributed by atoms with Gasteiger partial charge in [0.25, 0.3) is 0 Å². The van der Waals surface area contributed by atoms with Crippen LogP contribution in [0.2, 0.25) is 10.0 Å². The van der Waals surface area contributed by atoms with Crippen molar-refractivity contribution >= 4 is 46.4 Å². The summed E-state index contributed by atoms with van der Waals surface area (Å²) in [6, 6.07) is 12.9. The molecule has 0 N–H and O–H groups in total. The van der Waals surface area contributed by atoms with E-state index in [4.69, 9.17) is 23.2 Å². The summed E-state index contributed by atoms with van der Waals surface area (Å²) in [6.07, 6.45) is 1.09. The van der Waals surface area contributed by atoms with Gasteiger partial charge in [-0.25, -0.2) is 0 Å². The molecule has 3 rings (SSSR count). The largest absolute Gasteiger partial charge is 0.312 e. The summed E-state index contributed by atoms with van der Waals surface area (Å²) in [7, 11) is 0. The fraction of sp³-hybridized carbons (Fsp3) is 0.263. The Labute approximate surface area is 156 Å². The molecule has 0 radical (unpaired) electrons. The van der Waals surface area contributed by atoms with Crippen molar-refractivity contribution < 1.29 is 9.59 Å². The van der Waals surface area contributed by atoms with Gasteiger partial charge >= 0.3 is 0 Å². The lowest BCUT2D eigenvalue weighted by molar-refractivity contribution is -0.118. The van der Waals surface area contributed by atoms with Crippen LogP contribution in [0.1, 0.15) is 18.9 Å². The minimum atomic E-state index is -0.168. The van der Waals surface area contributed by atoms with Crippen LogP contribution in [0.3, 0.4) is 0 Å². The molecule has 0 atom stereocenters. The van der Waals surface area contributed by atoms with Gasteiger partial charge < -0.3 is 9.80 Å². The average Bonchev–Trinajstić information content (AvgIpc) is 3.00. The number of carbonyl (C=O) groups excluding carboxylic acids is 2. The van der Waals surface area contributed by atoms with Crippen molar-refractivity contribution in [3.8, 4) is 0 Å². The summed E-state index contributed by atoms with van der Waals surface area (Å²) >= 11 is 12.1. The number of fused-ring (bicyclic) bond motifs is 1. The van der Waals surface area contributed by atoms with Crippen molar-refractivity contribution in [2.75, 3.05) is 22.9 Å². The highest BCUT2D eigenvalue weighted by molar-refractivity contribution is 6.36. The number of benzene rings is 2. The Morgan fingerprint density at radius 2 is 1.92 bits per heavy atom. The highest BCUT2D eigenvalue weighted by atomic mass is 35.5. The van der Waals surface area contributed by atoms with Gasteiger partial charge in [-0.05, 0) is 36.2 Å². The van der Waals surface area contributed by atoms with Gasteiger partial charge in [0.15, 0.2) is 0 Å². The Balaban J connectivity index is 1.72. The molecular formula is C19H18Cl2N2O2. The highest BCUT2D eigenvalue weighted by Gasteiger charge is 2.25. The van der Waals surface area contributed by atoms with Gasteiger partial charge in [-0.1, -0.05) is 41.4 Å². The first kappa shape index (κ1) is 17.8. The van der Waals surface area contributed by atoms with Crippen LogP contribution in [0, 0.1) is 0 Å². The maximum absolute atomic E-state index is 12.6. The molecule has 0 unspecified atom stereocenters. The molecule has 2 aromatic carbocycles. The number of para-hydroxylation sites is 1. The number of nitrogens with zero attached hydrogens (tertiary/aromatic N) is 2. The quantitative estimate of drug-likeness (QED) is 0.796. The van der Waals surface area contributed by atoms with E-state index in [-0.39, 0.29) is 24.8 Å². The van der Waals surface area contributed by atoms with Crippen molar-refractivity contribution in [3.05, 3.63) is 58.1 Å². The molecule has 0 fully saturated rings. The van der Waals surface area contributed by atoms with Crippen LogP contribution in [0.25, 0.3) is 0 Å². The van der Waals surface area contributed by atoms with E-state index in [1.165, 1.54) is 17.4 Å². The first-order valence-electron chi connectivity index (χ1n) is 8.09. The Kier molecular flexibility index (Phi) is 5.30. The lowest BCUT2D eigenvalue weighted by Gasteiger charge is -2.24. The molecule has 0 aliphatic carbocycles. The second-order valence-corrected chi connectivity index (χ2v) is 6.78. The lowest BCUT2D eigenvalue weighted by atomic mass is 10.2. The first-order chi connectivity index (χ1) is 12.0. The zero-order valence-electron chi connectivity index (χ0n) is 13.8. The minimum Gasteiger partial charge on any atom is -0.312 e. The van der Waals surface area contributed by atoms with Crippen molar-refractivity contribution in [2.45, 2.75) is 19.8 Å². The van der Waals surface area contributed by atoms with E-state index in [0.717, 1.165) is 12.1 Å². The molecule has 2 amide bonds. The maximum Gasteiger partial charge on any atom is 0.228 e. The van der Waals surface area contributed by atoms with Gasteiger partial charge in [-0.3, -0.25) is 9.59 Å². The smallest absolute Gasteiger partial charge is 0.228 e. The molecule has 25 heavy (non-hydrogen) atoms. The molecule has 1 aliphatic rings. The molecule has 0 aromatic heterocycles. The molecule has 1 aliphatic heterocycles. The second kappa shape index (κ2) is 7.46. The van der Waals surface area contributed by atoms with E-state index >= 15 is 0 Å². The predicted octanol–water partition coefficient (Wildman–Crippen LogP) is 4.33. The summed E-state index contributed by atoms with van der Waals surface area (Å²) in [5.74, 6) is -0.167. The SMILES string of the molecule is CC(=O)N(CCC(=O)N1CCc2ccccc21)c1ccc(Cl)cc1Cl. The molecule has 130 valence electrons. The van der Waals surface area contributed by atoms with E-state index in [9.17, 15) is 9.59 Å². The van der Waals surface area contributed by atoms with Crippen LogP contribution < -0.4 is 9.80 Å². The zero-order valence-corrected chi connectivity index (χ0v) is 15.3. The van der Waals surface area contributed by atoms with Gasteiger partial charge in [-0.15, -0.1) is 0 Å². The summed E-state index contributed by atoms with van der Waals surface area (Å²) < 4.78 is 0. The Morgan fingerprint density at radius 1 is 1.16 bits per heavy atom. The molecule has 0 saturated heterocycles. The monoisotopic (exact) mass is 376 g/mol. The van der Waals surface area contributed by atoms with E-state index in [0.29, 0.717) is 22.3 Å². The van der Waals surface area contributed by atoms with E-state index in [1.54, 1.807) is 23.1 Å². The normalized spacial score (nSPS) is 12.8. The van der Waals surface area contributed by atoms with Crippen LogP contribution in [0.4, 0.5) is 11.4 Å². The Bertz CT molecular complexity index is 823. The minimum absolute atomic E-state index is 0.00119. The number of anilines is 2. The second-order valence-electron chi connectivity index (χ2n) is 5.94. The standard InChI is InChI=1S/C19H18Cl2N2O2/c1-13(24)22(18-7-6-15(20)12-16(18)21)11-9-19(25)23-10-8-14-4-2-3-5-17(14)23/h2-7,12H,8-11H2,1H3. The van der Waals surface area contributed by atoms with E-state index in [1.807, 2.05) is 24.3 Å². The van der Waals surface area contributed by atoms with Crippen LogP contribution in [-0.2, 0) is 16.0 Å². The summed E-state index contributed by atoms with van der Waals surface area (Å²) in [5.41, 5.74) is 2.71. The maximum atomic E-state index is 12.6. The third-order valence-corrected chi connectivity index (χ3v) is 4.86. The highest BCUT2D eigenvalue weighted by Crippen LogP contribution is 2.30. The third kappa shape index (κ3) is 3.80. The van der Waals surface area contributed by atoms with Crippen LogP contribution in [-0.4, -0.2) is 24.9 Å². The van der Waals surface area contributed by atoms with Crippen LogP contribution in [0.15, 0.2) is 42.5 Å². The average molecular weight is 377 g/mol. The van der Waals surface area contributed by atoms with Crippen molar-refractivity contribution in [1.29, 1.82) is 0 Å². The molecule has 2 aromatic rings. The molecule has 6 heteroatoms. The summed E-state index contributed by atoms with van der Waals surface area (Å²) in [5, 5.41) is 0.892. The first-order valence-corrected chi connectivity index (χ1v) is 8.84. The van der Waals surface area contributed by atoms with Gasteiger partial charge in [0.2, 0.25) is 11.8 Å². The lowest BCUT2D eigenvalue weighted by Crippen LogP contribution is -2.35. The molecule has 0 spiro atoms. The van der Waals surface area contributed by atoms with Crippen LogP contribution in [0.5, 0.6) is 0 Å². The topological polar surface area (TPSA) is 40.6 Å². The molecule has 1 heterocycles. The van der Waals surface area contributed by atoms with E-state index in [2.05, 4.69) is 0 Å². The van der Waals surface area contributed by atoms with E-state index < -0.39 is 0 Å². The molecular weight excluding hydrogens is 359 g/mol. The Hall–Kier alpha value is -2.04. The number of rotatable bonds is 4. The van der Waals surface area contributed by atoms with Crippen molar-refractivity contribution in [3.63, 3.8) is 0 Å². The summed E-state index contributed by atoms with van der Waals surface area (Å²) in [4.78, 5) is 28.0. The van der Waals surface area contributed by atoms with Gasteiger partial charge in [0, 0.05) is 37.1 Å². The third-order valence-electron chi connectivity index (χ3n) is 4.32. The predicted molar refractivity (Wildman–Crippen MR) is 102 cm³/mol. The summed E-state index contributed by atoms with van der Waals surface area (Å²) in [6.45, 7) is 2.41. The van der Waals surface area contributed by atoms with Crippen molar-refractivity contribution in [1.82, 2.24) is 0 Å². The number of halogens is 2. The molecule has 0 saturated carbocycles. The van der Waals surface area contributed by atoms with Crippen LogP contribution >= 0.6 is 23.2 Å². The number of hydrogen-bond acceptors (Lipinski definition) is 2. The fourth-order valence-corrected chi connectivity index (χ4v) is 3.60. The number of hydrogen-bond donors (Lipinski definition) is 0. The van der Waals surface area contributed by atoms with Gasteiger partial charge in [0.1, 0.15) is 0 Å². The van der Waals surface area contributed by atoms with Gasteiger partial charge in [0.05, 0.1) is 10.7 Å². The number of carbonyl (C=O) groups is 2. The zero-order chi connectivity index (χ0) is 18.0.